The zero-order valence-corrected chi connectivity index (χ0v) is 10.4. The fourth-order valence-electron chi connectivity index (χ4n) is 2.38. The van der Waals surface area contributed by atoms with Gasteiger partial charge in [0.15, 0.2) is 0 Å². The maximum absolute atomic E-state index is 5.82. The lowest BCUT2D eigenvalue weighted by Crippen LogP contribution is -2.09. The van der Waals surface area contributed by atoms with Crippen molar-refractivity contribution in [2.24, 2.45) is 0 Å². The van der Waals surface area contributed by atoms with Gasteiger partial charge in [-0.25, -0.2) is 0 Å². The SMILES string of the molecule is [B]c1ccc2c(c1)CCc1cc(Br)ccc1-2. The van der Waals surface area contributed by atoms with Gasteiger partial charge in [-0.3, -0.25) is 0 Å². The van der Waals surface area contributed by atoms with Crippen molar-refractivity contribution in [1.82, 2.24) is 0 Å². The number of benzene rings is 2. The van der Waals surface area contributed by atoms with Crippen LogP contribution in [0.1, 0.15) is 11.1 Å². The van der Waals surface area contributed by atoms with Gasteiger partial charge in [0.2, 0.25) is 0 Å². The van der Waals surface area contributed by atoms with Crippen molar-refractivity contribution in [3.63, 3.8) is 0 Å². The molecular formula is C14H10BBr. The fourth-order valence-corrected chi connectivity index (χ4v) is 2.79. The third-order valence-electron chi connectivity index (χ3n) is 3.15. The summed E-state index contributed by atoms with van der Waals surface area (Å²) < 4.78 is 1.16. The summed E-state index contributed by atoms with van der Waals surface area (Å²) in [5, 5.41) is 0. The van der Waals surface area contributed by atoms with Crippen LogP contribution >= 0.6 is 15.9 Å². The average Bonchev–Trinajstić information content (AvgIpc) is 2.28. The molecule has 0 atom stereocenters. The summed E-state index contributed by atoms with van der Waals surface area (Å²) in [6.07, 6.45) is 2.19. The number of aryl methyl sites for hydroxylation is 2. The van der Waals surface area contributed by atoms with Crippen LogP contribution in [0, 0.1) is 0 Å². The Hall–Kier alpha value is -1.02. The number of hydrogen-bond donors (Lipinski definition) is 0. The summed E-state index contributed by atoms with van der Waals surface area (Å²) in [4.78, 5) is 0. The zero-order valence-electron chi connectivity index (χ0n) is 8.83. The van der Waals surface area contributed by atoms with Crippen molar-refractivity contribution in [2.45, 2.75) is 12.8 Å². The van der Waals surface area contributed by atoms with Crippen LogP contribution < -0.4 is 5.46 Å². The first-order valence-corrected chi connectivity index (χ1v) is 6.20. The van der Waals surface area contributed by atoms with E-state index in [9.17, 15) is 0 Å². The summed E-state index contributed by atoms with van der Waals surface area (Å²) in [6, 6.07) is 12.7. The molecule has 16 heavy (non-hydrogen) atoms. The molecule has 1 aliphatic rings. The van der Waals surface area contributed by atoms with Gasteiger partial charge in [0.05, 0.1) is 0 Å². The van der Waals surface area contributed by atoms with Crippen LogP contribution in [-0.2, 0) is 12.8 Å². The minimum absolute atomic E-state index is 0.860. The Bertz CT molecular complexity index is 509. The summed E-state index contributed by atoms with van der Waals surface area (Å²) in [5.74, 6) is 0. The zero-order chi connectivity index (χ0) is 11.1. The van der Waals surface area contributed by atoms with Crippen molar-refractivity contribution in [1.29, 1.82) is 0 Å². The first kappa shape index (κ1) is 10.2. The summed E-state index contributed by atoms with van der Waals surface area (Å²) in [7, 11) is 5.82. The largest absolute Gasteiger partial charge is 0.113 e. The molecule has 0 fully saturated rings. The molecule has 2 aromatic carbocycles. The molecule has 0 aliphatic heterocycles. The molecular weight excluding hydrogens is 259 g/mol. The Balaban J connectivity index is 2.23. The second-order valence-electron chi connectivity index (χ2n) is 4.22. The third-order valence-corrected chi connectivity index (χ3v) is 3.64. The number of halogens is 1. The Morgan fingerprint density at radius 1 is 0.875 bits per heavy atom. The van der Waals surface area contributed by atoms with E-state index in [1.54, 1.807) is 0 Å². The molecule has 2 radical (unpaired) electrons. The minimum atomic E-state index is 0.860. The minimum Gasteiger partial charge on any atom is -0.0964 e. The van der Waals surface area contributed by atoms with Crippen molar-refractivity contribution in [3.8, 4) is 11.1 Å². The predicted octanol–water partition coefficient (Wildman–Crippen LogP) is 3.01. The van der Waals surface area contributed by atoms with E-state index in [4.69, 9.17) is 7.85 Å². The highest BCUT2D eigenvalue weighted by Crippen LogP contribution is 2.34. The highest BCUT2D eigenvalue weighted by Gasteiger charge is 2.15. The molecule has 0 saturated carbocycles. The first-order chi connectivity index (χ1) is 7.74. The van der Waals surface area contributed by atoms with Crippen LogP contribution in [0.15, 0.2) is 40.9 Å². The van der Waals surface area contributed by atoms with Gasteiger partial charge in [-0.2, -0.15) is 0 Å². The normalized spacial score (nSPS) is 13.1. The van der Waals surface area contributed by atoms with Crippen LogP contribution in [0.2, 0.25) is 0 Å². The van der Waals surface area contributed by atoms with Crippen LogP contribution in [0.25, 0.3) is 11.1 Å². The van der Waals surface area contributed by atoms with Gasteiger partial charge in [-0.15, -0.1) is 0 Å². The molecule has 2 heteroatoms. The lowest BCUT2D eigenvalue weighted by Gasteiger charge is -2.20. The number of rotatable bonds is 0. The van der Waals surface area contributed by atoms with Crippen molar-refractivity contribution in [2.75, 3.05) is 0 Å². The van der Waals surface area contributed by atoms with Crippen molar-refractivity contribution in [3.05, 3.63) is 52.0 Å². The van der Waals surface area contributed by atoms with E-state index < -0.39 is 0 Å². The molecule has 0 bridgehead atoms. The molecule has 0 aromatic heterocycles. The summed E-state index contributed by atoms with van der Waals surface area (Å²) in [6.45, 7) is 0. The van der Waals surface area contributed by atoms with Crippen LogP contribution in [0.3, 0.4) is 0 Å². The topological polar surface area (TPSA) is 0 Å². The molecule has 1 aliphatic carbocycles. The Morgan fingerprint density at radius 2 is 1.50 bits per heavy atom. The highest BCUT2D eigenvalue weighted by atomic mass is 79.9. The first-order valence-electron chi connectivity index (χ1n) is 5.41. The molecule has 0 spiro atoms. The third kappa shape index (κ3) is 1.61. The monoisotopic (exact) mass is 268 g/mol. The molecule has 0 saturated heterocycles. The van der Waals surface area contributed by atoms with Gasteiger partial charge < -0.3 is 0 Å². The standard InChI is InChI=1S/C14H10BBr/c15-11-3-5-13-9(7-11)1-2-10-8-12(16)4-6-14(10)13/h3-8H,1-2H2. The van der Waals surface area contributed by atoms with E-state index in [0.29, 0.717) is 0 Å². The number of hydrogen-bond acceptors (Lipinski definition) is 0. The van der Waals surface area contributed by atoms with Crippen LogP contribution in [0.5, 0.6) is 0 Å². The Kier molecular flexibility index (Phi) is 2.40. The summed E-state index contributed by atoms with van der Waals surface area (Å²) >= 11 is 3.52. The van der Waals surface area contributed by atoms with E-state index in [2.05, 4.69) is 46.3 Å². The second-order valence-corrected chi connectivity index (χ2v) is 5.13. The average molecular weight is 269 g/mol. The maximum atomic E-state index is 5.82. The summed E-state index contributed by atoms with van der Waals surface area (Å²) in [5.41, 5.74) is 6.34. The van der Waals surface area contributed by atoms with Gasteiger partial charge >= 0.3 is 0 Å². The molecule has 0 unspecified atom stereocenters. The van der Waals surface area contributed by atoms with E-state index in [1.807, 2.05) is 6.07 Å². The Labute approximate surface area is 105 Å². The fraction of sp³-hybridized carbons (Fsp3) is 0.143. The molecule has 0 N–H and O–H groups in total. The van der Waals surface area contributed by atoms with Gasteiger partial charge in [0.25, 0.3) is 0 Å². The predicted molar refractivity (Wildman–Crippen MR) is 72.4 cm³/mol. The van der Waals surface area contributed by atoms with E-state index in [0.717, 1.165) is 22.8 Å². The Morgan fingerprint density at radius 3 is 2.25 bits per heavy atom. The van der Waals surface area contributed by atoms with Gasteiger partial charge in [-0.05, 0) is 47.2 Å². The smallest absolute Gasteiger partial charge is 0.0964 e. The highest BCUT2D eigenvalue weighted by molar-refractivity contribution is 9.10. The lowest BCUT2D eigenvalue weighted by molar-refractivity contribution is 0.942. The maximum Gasteiger partial charge on any atom is 0.113 e. The van der Waals surface area contributed by atoms with Crippen LogP contribution in [-0.4, -0.2) is 7.85 Å². The lowest BCUT2D eigenvalue weighted by atomic mass is 9.82. The van der Waals surface area contributed by atoms with Crippen LogP contribution in [0.4, 0.5) is 0 Å². The molecule has 0 heterocycles. The van der Waals surface area contributed by atoms with Gasteiger partial charge in [0, 0.05) is 4.47 Å². The molecule has 0 amide bonds. The number of fused-ring (bicyclic) bond motifs is 3. The molecule has 76 valence electrons. The van der Waals surface area contributed by atoms with Crippen molar-refractivity contribution < 1.29 is 0 Å². The van der Waals surface area contributed by atoms with Gasteiger partial charge in [0.1, 0.15) is 7.85 Å². The van der Waals surface area contributed by atoms with E-state index in [1.165, 1.54) is 22.3 Å². The quantitative estimate of drug-likeness (QED) is 0.645. The second kappa shape index (κ2) is 3.78. The van der Waals surface area contributed by atoms with E-state index in [-0.39, 0.29) is 0 Å². The van der Waals surface area contributed by atoms with Gasteiger partial charge in [-0.1, -0.05) is 45.7 Å². The molecule has 2 aromatic rings. The van der Waals surface area contributed by atoms with Crippen molar-refractivity contribution >= 4 is 29.2 Å². The molecule has 0 nitrogen and oxygen atoms in total. The molecule has 3 rings (SSSR count). The van der Waals surface area contributed by atoms with E-state index >= 15 is 0 Å².